The first-order chi connectivity index (χ1) is 13.4. The fraction of sp³-hybridized carbons (Fsp3) is 0.421. The summed E-state index contributed by atoms with van der Waals surface area (Å²) in [5, 5.41) is 4.25. The number of thiophene rings is 1. The Labute approximate surface area is 166 Å². The van der Waals surface area contributed by atoms with Gasteiger partial charge in [-0.2, -0.15) is 0 Å². The molecule has 4 rings (SSSR count). The van der Waals surface area contributed by atoms with Crippen molar-refractivity contribution in [2.75, 3.05) is 23.7 Å². The Kier molecular flexibility index (Phi) is 4.94. The minimum atomic E-state index is -0.555. The van der Waals surface area contributed by atoms with Gasteiger partial charge in [-0.05, 0) is 18.9 Å². The lowest BCUT2D eigenvalue weighted by molar-refractivity contribution is 0.100. The Balaban J connectivity index is 1.73. The largest absolute Gasteiger partial charge is 0.472 e. The van der Waals surface area contributed by atoms with E-state index in [1.807, 2.05) is 6.07 Å². The molecule has 0 bridgehead atoms. The third-order valence-corrected chi connectivity index (χ3v) is 6.06. The maximum Gasteiger partial charge on any atom is 0.260 e. The van der Waals surface area contributed by atoms with Crippen LogP contribution in [0.4, 0.5) is 11.6 Å². The van der Waals surface area contributed by atoms with Gasteiger partial charge in [0.05, 0.1) is 29.3 Å². The smallest absolute Gasteiger partial charge is 0.260 e. The van der Waals surface area contributed by atoms with Gasteiger partial charge < -0.3 is 26.1 Å². The van der Waals surface area contributed by atoms with Crippen LogP contribution in [0.3, 0.4) is 0 Å². The van der Waals surface area contributed by atoms with Gasteiger partial charge in [-0.25, -0.2) is 9.97 Å². The van der Waals surface area contributed by atoms with Crippen molar-refractivity contribution in [2.24, 2.45) is 5.73 Å². The summed E-state index contributed by atoms with van der Waals surface area (Å²) in [6.07, 6.45) is 5.26. The molecule has 4 heterocycles. The number of amides is 1. The van der Waals surface area contributed by atoms with Crippen LogP contribution < -0.4 is 21.7 Å². The molecule has 0 radical (unpaired) electrons. The average Bonchev–Trinajstić information content (AvgIpc) is 3.30. The monoisotopic (exact) mass is 400 g/mol. The Hall–Kier alpha value is -2.65. The van der Waals surface area contributed by atoms with E-state index in [0.717, 1.165) is 31.5 Å². The highest BCUT2D eigenvalue weighted by Gasteiger charge is 2.25. The van der Waals surface area contributed by atoms with Crippen molar-refractivity contribution in [3.05, 3.63) is 23.5 Å². The van der Waals surface area contributed by atoms with E-state index in [0.29, 0.717) is 44.5 Å². The molecule has 1 aliphatic heterocycles. The molecule has 28 heavy (non-hydrogen) atoms. The third kappa shape index (κ3) is 3.43. The van der Waals surface area contributed by atoms with E-state index in [-0.39, 0.29) is 0 Å². The zero-order valence-electron chi connectivity index (χ0n) is 15.9. The van der Waals surface area contributed by atoms with E-state index in [1.54, 1.807) is 12.5 Å². The van der Waals surface area contributed by atoms with E-state index in [1.165, 1.54) is 11.3 Å². The van der Waals surface area contributed by atoms with Crippen molar-refractivity contribution >= 4 is 39.1 Å². The highest BCUT2D eigenvalue weighted by Crippen LogP contribution is 2.39. The Morgan fingerprint density at radius 3 is 2.71 bits per heavy atom. The van der Waals surface area contributed by atoms with E-state index >= 15 is 0 Å². The first kappa shape index (κ1) is 18.7. The molecule has 0 aromatic carbocycles. The molecule has 5 N–H and O–H groups in total. The highest BCUT2D eigenvalue weighted by molar-refractivity contribution is 7.21. The van der Waals surface area contributed by atoms with Crippen LogP contribution in [0.15, 0.2) is 23.0 Å². The molecule has 3 aromatic heterocycles. The second kappa shape index (κ2) is 7.40. The number of nitrogens with two attached hydrogens (primary N) is 2. The number of rotatable bonds is 5. The lowest BCUT2D eigenvalue weighted by Crippen LogP contribution is -2.45. The van der Waals surface area contributed by atoms with E-state index in [9.17, 15) is 4.79 Å². The standard InChI is InChI=1S/C19H24N6O2S/c1-10(2)22-12-3-6-25(7-4-12)19-23-15(11-5-8-27-9-11)13-14(20)16(17(21)26)28-18(13)24-19/h5,8-10,12,22H,3-4,6-7,20H2,1-2H3,(H2,21,26). The highest BCUT2D eigenvalue weighted by atomic mass is 32.1. The molecule has 1 amide bonds. The number of fused-ring (bicyclic) bond motifs is 1. The van der Waals surface area contributed by atoms with Gasteiger partial charge in [-0.3, -0.25) is 4.79 Å². The second-order valence-corrected chi connectivity index (χ2v) is 8.36. The van der Waals surface area contributed by atoms with Gasteiger partial charge in [0.2, 0.25) is 5.95 Å². The van der Waals surface area contributed by atoms with Crippen LogP contribution in [0.25, 0.3) is 21.5 Å². The lowest BCUT2D eigenvalue weighted by atomic mass is 10.0. The first-order valence-corrected chi connectivity index (χ1v) is 10.2. The molecule has 0 aliphatic carbocycles. The quantitative estimate of drug-likeness (QED) is 0.601. The average molecular weight is 401 g/mol. The van der Waals surface area contributed by atoms with Gasteiger partial charge in [-0.15, -0.1) is 11.3 Å². The molecule has 0 unspecified atom stereocenters. The van der Waals surface area contributed by atoms with Crippen LogP contribution in [-0.4, -0.2) is 41.0 Å². The molecule has 9 heteroatoms. The van der Waals surface area contributed by atoms with E-state index in [2.05, 4.69) is 24.1 Å². The van der Waals surface area contributed by atoms with Gasteiger partial charge in [0.15, 0.2) is 0 Å². The Morgan fingerprint density at radius 2 is 2.11 bits per heavy atom. The van der Waals surface area contributed by atoms with E-state index < -0.39 is 5.91 Å². The number of carbonyl (C=O) groups excluding carboxylic acids is 1. The first-order valence-electron chi connectivity index (χ1n) is 9.37. The van der Waals surface area contributed by atoms with Crippen molar-refractivity contribution in [1.29, 1.82) is 0 Å². The molecule has 8 nitrogen and oxygen atoms in total. The summed E-state index contributed by atoms with van der Waals surface area (Å²) in [5.41, 5.74) is 13.5. The van der Waals surface area contributed by atoms with Gasteiger partial charge in [0.1, 0.15) is 9.71 Å². The normalized spacial score (nSPS) is 15.6. The summed E-state index contributed by atoms with van der Waals surface area (Å²) < 4.78 is 5.24. The summed E-state index contributed by atoms with van der Waals surface area (Å²) in [5.74, 6) is 0.0877. The number of furan rings is 1. The summed E-state index contributed by atoms with van der Waals surface area (Å²) in [6, 6.07) is 2.80. The molecule has 0 atom stereocenters. The number of nitrogen functional groups attached to an aromatic ring is 1. The minimum absolute atomic E-state index is 0.311. The van der Waals surface area contributed by atoms with Crippen LogP contribution in [0.1, 0.15) is 36.4 Å². The van der Waals surface area contributed by atoms with Crippen molar-refractivity contribution in [3.63, 3.8) is 0 Å². The Bertz CT molecular complexity index is 990. The molecule has 3 aromatic rings. The van der Waals surface area contributed by atoms with E-state index in [4.69, 9.17) is 25.9 Å². The van der Waals surface area contributed by atoms with Crippen molar-refractivity contribution in [2.45, 2.75) is 38.8 Å². The zero-order valence-corrected chi connectivity index (χ0v) is 16.8. The number of hydrogen-bond acceptors (Lipinski definition) is 8. The maximum absolute atomic E-state index is 11.8. The molecule has 0 saturated carbocycles. The number of primary amides is 1. The van der Waals surface area contributed by atoms with Crippen molar-refractivity contribution in [1.82, 2.24) is 15.3 Å². The van der Waals surface area contributed by atoms with Crippen molar-refractivity contribution < 1.29 is 9.21 Å². The predicted octanol–water partition coefficient (Wildman–Crippen LogP) is 2.60. The number of hydrogen-bond donors (Lipinski definition) is 3. The zero-order chi connectivity index (χ0) is 19.8. The fourth-order valence-corrected chi connectivity index (χ4v) is 4.60. The van der Waals surface area contributed by atoms with Crippen LogP contribution in [-0.2, 0) is 0 Å². The number of aromatic nitrogens is 2. The van der Waals surface area contributed by atoms with Crippen molar-refractivity contribution in [3.8, 4) is 11.3 Å². The Morgan fingerprint density at radius 1 is 1.36 bits per heavy atom. The number of anilines is 2. The minimum Gasteiger partial charge on any atom is -0.472 e. The molecule has 148 valence electrons. The lowest BCUT2D eigenvalue weighted by Gasteiger charge is -2.33. The molecule has 1 saturated heterocycles. The number of nitrogens with zero attached hydrogens (tertiary/aromatic N) is 3. The maximum atomic E-state index is 11.8. The number of nitrogens with one attached hydrogen (secondary N) is 1. The fourth-order valence-electron chi connectivity index (χ4n) is 3.66. The summed E-state index contributed by atoms with van der Waals surface area (Å²) in [6.45, 7) is 6.06. The van der Waals surface area contributed by atoms with Crippen LogP contribution in [0.5, 0.6) is 0 Å². The second-order valence-electron chi connectivity index (χ2n) is 7.36. The van der Waals surface area contributed by atoms with Gasteiger partial charge in [0.25, 0.3) is 5.91 Å². The topological polar surface area (TPSA) is 123 Å². The molecular weight excluding hydrogens is 376 g/mol. The summed E-state index contributed by atoms with van der Waals surface area (Å²) >= 11 is 1.21. The molecular formula is C19H24N6O2S. The van der Waals surface area contributed by atoms with Gasteiger partial charge in [-0.1, -0.05) is 13.8 Å². The number of piperidine rings is 1. The van der Waals surface area contributed by atoms with Gasteiger partial charge in [0, 0.05) is 30.7 Å². The molecule has 1 fully saturated rings. The van der Waals surface area contributed by atoms with Crippen LogP contribution in [0, 0.1) is 0 Å². The van der Waals surface area contributed by atoms with Crippen LogP contribution >= 0.6 is 11.3 Å². The SMILES string of the molecule is CC(C)NC1CCN(c2nc(-c3ccoc3)c3c(N)c(C(N)=O)sc3n2)CC1. The molecule has 0 spiro atoms. The molecule has 1 aliphatic rings. The third-order valence-electron chi connectivity index (χ3n) is 4.94. The summed E-state index contributed by atoms with van der Waals surface area (Å²) in [7, 11) is 0. The predicted molar refractivity (Wildman–Crippen MR) is 112 cm³/mol. The van der Waals surface area contributed by atoms with Crippen LogP contribution in [0.2, 0.25) is 0 Å². The summed E-state index contributed by atoms with van der Waals surface area (Å²) in [4.78, 5) is 24.4. The number of carbonyl (C=O) groups is 1. The van der Waals surface area contributed by atoms with Gasteiger partial charge >= 0.3 is 0 Å².